The van der Waals surface area contributed by atoms with E-state index in [9.17, 15) is 4.79 Å². The smallest absolute Gasteiger partial charge is 0.222 e. The molecule has 2 rings (SSSR count). The van der Waals surface area contributed by atoms with E-state index in [4.69, 9.17) is 0 Å². The van der Waals surface area contributed by atoms with Crippen LogP contribution < -0.4 is 0 Å². The Morgan fingerprint density at radius 2 is 1.29 bits per heavy atom. The van der Waals surface area contributed by atoms with Crippen molar-refractivity contribution in [2.75, 3.05) is 33.7 Å². The number of carbonyl (C=O) groups excluding carboxylic acids is 1. The van der Waals surface area contributed by atoms with Crippen molar-refractivity contribution in [1.82, 2.24) is 9.80 Å². The Morgan fingerprint density at radius 1 is 0.824 bits per heavy atom. The Hall–Kier alpha value is -0.570. The van der Waals surface area contributed by atoms with E-state index in [1.165, 1.54) is 25.9 Å². The van der Waals surface area contributed by atoms with E-state index in [0.29, 0.717) is 5.91 Å². The van der Waals surface area contributed by atoms with Crippen LogP contribution in [-0.2, 0) is 4.79 Å². The first-order chi connectivity index (χ1) is 8.20. The quantitative estimate of drug-likeness (QED) is 0.654. The molecule has 2 aliphatic heterocycles. The summed E-state index contributed by atoms with van der Waals surface area (Å²) in [6.45, 7) is 11.6. The molecule has 0 atom stereocenters. The van der Waals surface area contributed by atoms with Gasteiger partial charge in [-0.3, -0.25) is 4.79 Å². The maximum Gasteiger partial charge on any atom is 0.222 e. The lowest BCUT2D eigenvalue weighted by atomic mass is 10.4. The zero-order valence-corrected chi connectivity index (χ0v) is 12.8. The summed E-state index contributed by atoms with van der Waals surface area (Å²) in [5.74, 6) is 0.292. The van der Waals surface area contributed by atoms with E-state index in [2.05, 4.69) is 11.9 Å². The molecule has 0 spiro atoms. The number of nitrogens with zero attached hydrogens (tertiary/aromatic N) is 2. The van der Waals surface area contributed by atoms with Crippen LogP contribution in [0.15, 0.2) is 0 Å². The minimum absolute atomic E-state index is 0.292. The minimum Gasteiger partial charge on any atom is -0.346 e. The highest BCUT2D eigenvalue weighted by Gasteiger charge is 2.14. The summed E-state index contributed by atoms with van der Waals surface area (Å²) < 4.78 is 0. The molecule has 0 aromatic carbocycles. The van der Waals surface area contributed by atoms with Crippen molar-refractivity contribution < 1.29 is 4.79 Å². The van der Waals surface area contributed by atoms with Crippen LogP contribution in [-0.4, -0.2) is 49.4 Å². The van der Waals surface area contributed by atoms with Crippen LogP contribution in [0, 0.1) is 0 Å². The van der Waals surface area contributed by atoms with Gasteiger partial charge in [-0.1, -0.05) is 27.7 Å². The summed E-state index contributed by atoms with van der Waals surface area (Å²) in [7, 11) is 4.02. The third-order valence-electron chi connectivity index (χ3n) is 2.64. The van der Waals surface area contributed by atoms with E-state index >= 15 is 0 Å². The van der Waals surface area contributed by atoms with Gasteiger partial charge in [-0.25, -0.2) is 0 Å². The Bertz CT molecular complexity index is 166. The molecular weight excluding hydrogens is 212 g/mol. The second-order valence-electron chi connectivity index (χ2n) is 3.93. The fourth-order valence-corrected chi connectivity index (χ4v) is 1.66. The first-order valence-corrected chi connectivity index (χ1v) is 7.12. The van der Waals surface area contributed by atoms with Gasteiger partial charge in [-0.2, -0.15) is 0 Å². The molecule has 0 unspecified atom stereocenters. The molecule has 2 fully saturated rings. The summed E-state index contributed by atoms with van der Waals surface area (Å²) in [5, 5.41) is 0. The fraction of sp³-hybridized carbons (Fsp3) is 0.929. The zero-order valence-electron chi connectivity index (χ0n) is 12.8. The first kappa shape index (κ1) is 18.8. The molecular formula is C14H32N2O. The largest absolute Gasteiger partial charge is 0.346 e. The predicted molar refractivity (Wildman–Crippen MR) is 76.3 cm³/mol. The Labute approximate surface area is 108 Å². The Balaban J connectivity index is 0. The van der Waals surface area contributed by atoms with Gasteiger partial charge in [0.2, 0.25) is 5.91 Å². The average Bonchev–Trinajstić information content (AvgIpc) is 2.98. The van der Waals surface area contributed by atoms with Crippen LogP contribution in [0.4, 0.5) is 0 Å². The molecule has 2 saturated heterocycles. The number of hydrogen-bond donors (Lipinski definition) is 0. The molecule has 3 nitrogen and oxygen atoms in total. The molecule has 3 heteroatoms. The van der Waals surface area contributed by atoms with Crippen LogP contribution >= 0.6 is 0 Å². The van der Waals surface area contributed by atoms with Crippen molar-refractivity contribution in [3.63, 3.8) is 0 Å². The topological polar surface area (TPSA) is 23.6 Å². The second kappa shape index (κ2) is 13.5. The van der Waals surface area contributed by atoms with Crippen molar-refractivity contribution in [2.24, 2.45) is 0 Å². The van der Waals surface area contributed by atoms with Gasteiger partial charge < -0.3 is 9.80 Å². The van der Waals surface area contributed by atoms with Crippen LogP contribution in [0.1, 0.15) is 53.4 Å². The van der Waals surface area contributed by atoms with E-state index in [1.807, 2.05) is 34.7 Å². The van der Waals surface area contributed by atoms with Gasteiger partial charge in [0.15, 0.2) is 0 Å². The van der Waals surface area contributed by atoms with Crippen molar-refractivity contribution >= 4 is 5.91 Å². The lowest BCUT2D eigenvalue weighted by molar-refractivity contribution is -0.126. The first-order valence-electron chi connectivity index (χ1n) is 7.12. The summed E-state index contributed by atoms with van der Waals surface area (Å²) in [6.07, 6.45) is 4.64. The van der Waals surface area contributed by atoms with Gasteiger partial charge in [-0.15, -0.1) is 0 Å². The van der Waals surface area contributed by atoms with Crippen molar-refractivity contribution in [2.45, 2.75) is 53.4 Å². The van der Waals surface area contributed by atoms with E-state index < -0.39 is 0 Å². The van der Waals surface area contributed by atoms with E-state index in [-0.39, 0.29) is 0 Å². The number of carbonyl (C=O) groups is 1. The lowest BCUT2D eigenvalue weighted by Gasteiger charge is -2.03. The normalized spacial score (nSPS) is 18.5. The third-order valence-corrected chi connectivity index (χ3v) is 2.64. The second-order valence-corrected chi connectivity index (χ2v) is 3.93. The minimum atomic E-state index is 0.292. The highest BCUT2D eigenvalue weighted by Crippen LogP contribution is 2.04. The number of hydrogen-bond acceptors (Lipinski definition) is 2. The van der Waals surface area contributed by atoms with Crippen LogP contribution in [0.2, 0.25) is 0 Å². The summed E-state index contributed by atoms with van der Waals surface area (Å²) >= 11 is 0. The van der Waals surface area contributed by atoms with Crippen molar-refractivity contribution in [3.05, 3.63) is 0 Å². The van der Waals surface area contributed by atoms with E-state index in [1.54, 1.807) is 4.90 Å². The van der Waals surface area contributed by atoms with Crippen LogP contribution in [0.5, 0.6) is 0 Å². The molecule has 2 aliphatic rings. The molecule has 2 heterocycles. The average molecular weight is 244 g/mol. The zero-order chi connectivity index (χ0) is 13.7. The maximum atomic E-state index is 10.5. The number of rotatable bonds is 0. The SMILES string of the molecule is CC.CC.CN1CCCC1.CN1CCCC1=O. The third kappa shape index (κ3) is 10.3. The van der Waals surface area contributed by atoms with E-state index in [0.717, 1.165) is 19.4 Å². The molecule has 0 radical (unpaired) electrons. The van der Waals surface area contributed by atoms with Crippen molar-refractivity contribution in [3.8, 4) is 0 Å². The standard InChI is InChI=1S/C5H9NO.C5H11N.2C2H6/c1-6-4-2-3-5(6)7;1-6-4-2-3-5-6;2*1-2/h2-4H2,1H3;2-5H2,1H3;2*1-2H3. The predicted octanol–water partition coefficient (Wildman–Crippen LogP) is 3.00. The molecule has 0 aliphatic carbocycles. The molecule has 0 bridgehead atoms. The van der Waals surface area contributed by atoms with Gasteiger partial charge in [0.05, 0.1) is 0 Å². The fourth-order valence-electron chi connectivity index (χ4n) is 1.66. The Morgan fingerprint density at radius 3 is 1.41 bits per heavy atom. The highest BCUT2D eigenvalue weighted by molar-refractivity contribution is 5.77. The van der Waals surface area contributed by atoms with Gasteiger partial charge in [0.25, 0.3) is 0 Å². The maximum absolute atomic E-state index is 10.5. The van der Waals surface area contributed by atoms with Gasteiger partial charge >= 0.3 is 0 Å². The monoisotopic (exact) mass is 244 g/mol. The molecule has 1 amide bonds. The summed E-state index contributed by atoms with van der Waals surface area (Å²) in [4.78, 5) is 14.6. The Kier molecular flexibility index (Phi) is 14.9. The summed E-state index contributed by atoms with van der Waals surface area (Å²) in [5.41, 5.74) is 0. The molecule has 0 aromatic heterocycles. The van der Waals surface area contributed by atoms with Crippen LogP contribution in [0.25, 0.3) is 0 Å². The summed E-state index contributed by atoms with van der Waals surface area (Å²) in [6, 6.07) is 0. The molecule has 0 N–H and O–H groups in total. The molecule has 0 aromatic rings. The van der Waals surface area contributed by atoms with Gasteiger partial charge in [0.1, 0.15) is 0 Å². The van der Waals surface area contributed by atoms with Crippen LogP contribution in [0.3, 0.4) is 0 Å². The highest BCUT2D eigenvalue weighted by atomic mass is 16.2. The lowest BCUT2D eigenvalue weighted by Crippen LogP contribution is -2.17. The molecule has 17 heavy (non-hydrogen) atoms. The van der Waals surface area contributed by atoms with Gasteiger partial charge in [0, 0.05) is 20.0 Å². The number of amides is 1. The molecule has 0 saturated carbocycles. The van der Waals surface area contributed by atoms with Crippen molar-refractivity contribution in [1.29, 1.82) is 0 Å². The number of likely N-dealkylation sites (tertiary alicyclic amines) is 2. The van der Waals surface area contributed by atoms with Gasteiger partial charge in [-0.05, 0) is 39.4 Å². The molecule has 104 valence electrons.